The van der Waals surface area contributed by atoms with E-state index in [1.54, 1.807) is 29.7 Å². The van der Waals surface area contributed by atoms with Gasteiger partial charge in [0.15, 0.2) is 4.80 Å². The van der Waals surface area contributed by atoms with Gasteiger partial charge in [0.25, 0.3) is 11.2 Å². The van der Waals surface area contributed by atoms with Crippen LogP contribution in [0, 0.1) is 16.0 Å². The fourth-order valence-corrected chi connectivity index (χ4v) is 5.53. The van der Waals surface area contributed by atoms with Crippen molar-refractivity contribution in [1.29, 1.82) is 0 Å². The van der Waals surface area contributed by atoms with Crippen LogP contribution in [0.25, 0.3) is 6.08 Å². The molecule has 156 valence electrons. The zero-order valence-corrected chi connectivity index (χ0v) is 17.5. The van der Waals surface area contributed by atoms with E-state index in [9.17, 15) is 19.7 Å². The van der Waals surface area contributed by atoms with Gasteiger partial charge in [0.2, 0.25) is 5.72 Å². The van der Waals surface area contributed by atoms with E-state index in [-0.39, 0.29) is 17.0 Å². The Bertz CT molecular complexity index is 1440. The van der Waals surface area contributed by atoms with Crippen LogP contribution in [0.15, 0.2) is 58.3 Å². The van der Waals surface area contributed by atoms with Gasteiger partial charge in [-0.1, -0.05) is 41.7 Å². The number of Topliss-reactive ketones (excluding diaryl/α,β-unsaturated/α-hetero) is 1. The molecule has 8 nitrogen and oxygen atoms in total. The molecule has 3 heterocycles. The van der Waals surface area contributed by atoms with Crippen molar-refractivity contribution in [3.8, 4) is 5.75 Å². The predicted octanol–water partition coefficient (Wildman–Crippen LogP) is 2.18. The van der Waals surface area contributed by atoms with Crippen molar-refractivity contribution >= 4 is 28.9 Å². The Labute approximate surface area is 179 Å². The molecule has 0 spiro atoms. The van der Waals surface area contributed by atoms with E-state index in [0.29, 0.717) is 20.6 Å². The number of thiazole rings is 1. The van der Waals surface area contributed by atoms with Gasteiger partial charge >= 0.3 is 0 Å². The molecule has 0 unspecified atom stereocenters. The van der Waals surface area contributed by atoms with Gasteiger partial charge in [-0.25, -0.2) is 4.99 Å². The van der Waals surface area contributed by atoms with Crippen molar-refractivity contribution in [2.45, 2.75) is 25.6 Å². The number of nitro benzene ring substituents is 1. The van der Waals surface area contributed by atoms with Gasteiger partial charge in [0.05, 0.1) is 15.5 Å². The number of ketones is 1. The molecular formula is C22H17N3O5S. The first-order valence-corrected chi connectivity index (χ1v) is 10.5. The fraction of sp³-hybridized carbons (Fsp3) is 0.227. The fourth-order valence-electron chi connectivity index (χ4n) is 4.44. The number of para-hydroxylation sites is 1. The molecule has 1 aromatic heterocycles. The third-order valence-corrected chi connectivity index (χ3v) is 6.68. The van der Waals surface area contributed by atoms with Crippen molar-refractivity contribution in [3.63, 3.8) is 0 Å². The molecule has 2 aliphatic rings. The summed E-state index contributed by atoms with van der Waals surface area (Å²) in [4.78, 5) is 41.8. The summed E-state index contributed by atoms with van der Waals surface area (Å²) in [5.41, 5.74) is -0.157. The molecule has 0 saturated heterocycles. The summed E-state index contributed by atoms with van der Waals surface area (Å²) in [6.45, 7) is 3.25. The lowest BCUT2D eigenvalue weighted by Gasteiger charge is -2.45. The Kier molecular flexibility index (Phi) is 4.19. The third kappa shape index (κ3) is 2.92. The van der Waals surface area contributed by atoms with E-state index in [4.69, 9.17) is 4.74 Å². The number of fused-ring (bicyclic) bond motifs is 6. The van der Waals surface area contributed by atoms with Crippen LogP contribution in [0.2, 0.25) is 0 Å². The molecule has 3 aromatic rings. The van der Waals surface area contributed by atoms with Gasteiger partial charge in [-0.3, -0.25) is 24.3 Å². The van der Waals surface area contributed by atoms with Crippen LogP contribution in [0.1, 0.15) is 31.0 Å². The Morgan fingerprint density at radius 2 is 2.06 bits per heavy atom. The second kappa shape index (κ2) is 6.71. The SMILES string of the molecule is CC(=O)[C@@H]1[C@@H]2c3ccccc3O[C@]1(C)N=c1s/c(=C\c3cccc([N+](=O)[O-])c3)c(=O)n12. The number of nitro groups is 1. The lowest BCUT2D eigenvalue weighted by atomic mass is 9.79. The zero-order valence-electron chi connectivity index (χ0n) is 16.6. The molecule has 0 radical (unpaired) electrons. The summed E-state index contributed by atoms with van der Waals surface area (Å²) in [6, 6.07) is 12.9. The normalized spacial score (nSPS) is 23.9. The standard InChI is InChI=1S/C22H17N3O5S/c1-12(26)18-19-15-8-3-4-9-16(15)30-22(18,2)23-21-24(19)20(27)17(31-21)11-13-6-5-7-14(10-13)25(28)29/h3-11,18-19H,1-2H3/b17-11-/t18-,19+,22+/m1/s1. The molecule has 0 aliphatic carbocycles. The first-order chi connectivity index (χ1) is 14.8. The van der Waals surface area contributed by atoms with Crippen LogP contribution in [0.3, 0.4) is 0 Å². The maximum absolute atomic E-state index is 13.4. The minimum atomic E-state index is -1.12. The number of hydrogen-bond donors (Lipinski definition) is 0. The zero-order chi connectivity index (χ0) is 21.9. The Morgan fingerprint density at radius 3 is 2.81 bits per heavy atom. The summed E-state index contributed by atoms with van der Waals surface area (Å²) in [6.07, 6.45) is 1.61. The van der Waals surface area contributed by atoms with E-state index in [0.717, 1.165) is 5.56 Å². The Morgan fingerprint density at radius 1 is 1.29 bits per heavy atom. The second-order valence-corrected chi connectivity index (χ2v) is 8.77. The van der Waals surface area contributed by atoms with E-state index >= 15 is 0 Å². The van der Waals surface area contributed by atoms with Crippen LogP contribution in [0.4, 0.5) is 5.69 Å². The van der Waals surface area contributed by atoms with E-state index in [1.807, 2.05) is 24.3 Å². The first kappa shape index (κ1) is 19.4. The third-order valence-electron chi connectivity index (χ3n) is 5.70. The quantitative estimate of drug-likeness (QED) is 0.463. The van der Waals surface area contributed by atoms with Gasteiger partial charge in [0.1, 0.15) is 17.5 Å². The molecule has 5 rings (SSSR count). The van der Waals surface area contributed by atoms with Gasteiger partial charge in [-0.15, -0.1) is 0 Å². The molecule has 31 heavy (non-hydrogen) atoms. The number of hydrogen-bond acceptors (Lipinski definition) is 7. The van der Waals surface area contributed by atoms with Crippen LogP contribution in [-0.2, 0) is 4.79 Å². The summed E-state index contributed by atoms with van der Waals surface area (Å²) >= 11 is 1.18. The Hall–Kier alpha value is -3.59. The topological polar surface area (TPSA) is 104 Å². The highest BCUT2D eigenvalue weighted by molar-refractivity contribution is 7.07. The van der Waals surface area contributed by atoms with Gasteiger partial charge < -0.3 is 4.74 Å². The minimum absolute atomic E-state index is 0.0535. The van der Waals surface area contributed by atoms with Gasteiger partial charge in [-0.2, -0.15) is 0 Å². The summed E-state index contributed by atoms with van der Waals surface area (Å²) in [5.74, 6) is -0.157. The largest absolute Gasteiger partial charge is 0.465 e. The monoisotopic (exact) mass is 435 g/mol. The van der Waals surface area contributed by atoms with Crippen LogP contribution >= 0.6 is 11.3 Å². The van der Waals surface area contributed by atoms with Crippen molar-refractivity contribution in [2.24, 2.45) is 10.9 Å². The lowest BCUT2D eigenvalue weighted by molar-refractivity contribution is -0.384. The molecule has 2 aliphatic heterocycles. The van der Waals surface area contributed by atoms with E-state index < -0.39 is 22.6 Å². The van der Waals surface area contributed by atoms with Crippen LogP contribution in [-0.4, -0.2) is 21.0 Å². The number of nitrogens with zero attached hydrogens (tertiary/aromatic N) is 3. The highest BCUT2D eigenvalue weighted by Crippen LogP contribution is 2.47. The first-order valence-electron chi connectivity index (χ1n) is 9.64. The van der Waals surface area contributed by atoms with Crippen LogP contribution < -0.4 is 19.6 Å². The number of benzene rings is 2. The molecule has 0 fully saturated rings. The average molecular weight is 435 g/mol. The molecule has 0 N–H and O–H groups in total. The number of carbonyl (C=O) groups excluding carboxylic acids is 1. The maximum atomic E-state index is 13.4. The lowest BCUT2D eigenvalue weighted by Crippen LogP contribution is -2.58. The molecule has 0 amide bonds. The Balaban J connectivity index is 1.77. The van der Waals surface area contributed by atoms with Crippen molar-refractivity contribution in [2.75, 3.05) is 0 Å². The smallest absolute Gasteiger partial charge is 0.270 e. The van der Waals surface area contributed by atoms with Crippen LogP contribution in [0.5, 0.6) is 5.75 Å². The summed E-state index contributed by atoms with van der Waals surface area (Å²) < 4.78 is 8.09. The number of non-ortho nitro benzene ring substituents is 1. The number of carbonyl (C=O) groups is 1. The second-order valence-electron chi connectivity index (χ2n) is 7.76. The van der Waals surface area contributed by atoms with Crippen molar-refractivity contribution in [1.82, 2.24) is 4.57 Å². The molecule has 9 heteroatoms. The molecule has 3 atom stereocenters. The van der Waals surface area contributed by atoms with E-state index in [2.05, 4.69) is 4.99 Å². The van der Waals surface area contributed by atoms with E-state index in [1.165, 1.54) is 30.4 Å². The highest BCUT2D eigenvalue weighted by atomic mass is 32.1. The van der Waals surface area contributed by atoms with Gasteiger partial charge in [0, 0.05) is 17.7 Å². The molecule has 2 aromatic carbocycles. The summed E-state index contributed by atoms with van der Waals surface area (Å²) in [5, 5.41) is 11.1. The highest BCUT2D eigenvalue weighted by Gasteiger charge is 2.53. The molecular weight excluding hydrogens is 418 g/mol. The molecule has 2 bridgehead atoms. The maximum Gasteiger partial charge on any atom is 0.270 e. The minimum Gasteiger partial charge on any atom is -0.465 e. The predicted molar refractivity (Wildman–Crippen MR) is 114 cm³/mol. The van der Waals surface area contributed by atoms with Crippen molar-refractivity contribution < 1.29 is 14.5 Å². The number of rotatable bonds is 3. The number of aromatic nitrogens is 1. The number of ether oxygens (including phenoxy) is 1. The summed E-state index contributed by atoms with van der Waals surface area (Å²) in [7, 11) is 0. The average Bonchev–Trinajstić information content (AvgIpc) is 3.01. The molecule has 0 saturated carbocycles. The van der Waals surface area contributed by atoms with Gasteiger partial charge in [-0.05, 0) is 31.6 Å². The van der Waals surface area contributed by atoms with Crippen molar-refractivity contribution in [3.05, 3.63) is 89.5 Å².